The smallest absolute Gasteiger partial charge is 0.271 e. The van der Waals surface area contributed by atoms with E-state index in [0.29, 0.717) is 23.7 Å². The minimum Gasteiger partial charge on any atom is -0.492 e. The van der Waals surface area contributed by atoms with Crippen molar-refractivity contribution in [1.82, 2.24) is 9.78 Å². The second-order valence-electron chi connectivity index (χ2n) is 6.08. The second kappa shape index (κ2) is 9.01. The van der Waals surface area contributed by atoms with E-state index in [1.54, 1.807) is 25.1 Å². The summed E-state index contributed by atoms with van der Waals surface area (Å²) in [5, 5.41) is 6.86. The van der Waals surface area contributed by atoms with Crippen molar-refractivity contribution in [3.63, 3.8) is 0 Å². The van der Waals surface area contributed by atoms with Gasteiger partial charge in [0.1, 0.15) is 11.6 Å². The van der Waals surface area contributed by atoms with Gasteiger partial charge >= 0.3 is 0 Å². The number of hydrogen-bond acceptors (Lipinski definition) is 5. The van der Waals surface area contributed by atoms with Gasteiger partial charge in [-0.1, -0.05) is 12.1 Å². The number of rotatable bonds is 7. The number of benzene rings is 2. The van der Waals surface area contributed by atoms with Crippen LogP contribution in [0.25, 0.3) is 5.69 Å². The van der Waals surface area contributed by atoms with Crippen molar-refractivity contribution in [2.75, 3.05) is 11.9 Å². The fourth-order valence-electron chi connectivity index (χ4n) is 2.54. The Morgan fingerprint density at radius 1 is 1.14 bits per heavy atom. The number of amides is 1. The summed E-state index contributed by atoms with van der Waals surface area (Å²) in [5.41, 5.74) is 0.496. The fourth-order valence-corrected chi connectivity index (χ4v) is 2.54. The first-order valence-corrected chi connectivity index (χ1v) is 9.03. The predicted octanol–water partition coefficient (Wildman–Crippen LogP) is 3.18. The fraction of sp³-hybridized carbons (Fsp3) is 0.190. The first-order valence-electron chi connectivity index (χ1n) is 9.03. The summed E-state index contributed by atoms with van der Waals surface area (Å²) in [4.78, 5) is 24.6. The van der Waals surface area contributed by atoms with Crippen molar-refractivity contribution in [2.45, 2.75) is 20.0 Å². The Labute approximate surface area is 166 Å². The topological polar surface area (TPSA) is 82.5 Å². The minimum atomic E-state index is -0.892. The quantitative estimate of drug-likeness (QED) is 0.662. The average Bonchev–Trinajstić information content (AvgIpc) is 2.71. The third-order valence-electron chi connectivity index (χ3n) is 3.96. The summed E-state index contributed by atoms with van der Waals surface area (Å²) in [5.74, 6) is -0.196. The van der Waals surface area contributed by atoms with Crippen molar-refractivity contribution >= 4 is 11.6 Å². The standard InChI is InChI=1S/C21H20FN3O4/c1-3-28-18-7-5-4-6-17(18)23-21(27)14(2)29-19-12-13-20(26)25(24-19)16-10-8-15(22)9-11-16/h4-14H,3H2,1-2H3,(H,23,27). The lowest BCUT2D eigenvalue weighted by molar-refractivity contribution is -0.122. The van der Waals surface area contributed by atoms with Crippen molar-refractivity contribution in [1.29, 1.82) is 0 Å². The van der Waals surface area contributed by atoms with E-state index in [-0.39, 0.29) is 5.88 Å². The lowest BCUT2D eigenvalue weighted by Crippen LogP contribution is -2.31. The molecule has 1 amide bonds. The first-order chi connectivity index (χ1) is 14.0. The molecule has 0 bridgehead atoms. The summed E-state index contributed by atoms with van der Waals surface area (Å²) >= 11 is 0. The van der Waals surface area contributed by atoms with Gasteiger partial charge in [-0.05, 0) is 50.2 Å². The molecule has 29 heavy (non-hydrogen) atoms. The Morgan fingerprint density at radius 2 is 1.86 bits per heavy atom. The summed E-state index contributed by atoms with van der Waals surface area (Å²) in [6.45, 7) is 3.88. The zero-order chi connectivity index (χ0) is 20.8. The third kappa shape index (κ3) is 4.98. The monoisotopic (exact) mass is 397 g/mol. The van der Waals surface area contributed by atoms with E-state index in [1.807, 2.05) is 13.0 Å². The van der Waals surface area contributed by atoms with Crippen molar-refractivity contribution in [2.24, 2.45) is 0 Å². The highest BCUT2D eigenvalue weighted by Gasteiger charge is 2.18. The van der Waals surface area contributed by atoms with Gasteiger partial charge in [0.25, 0.3) is 11.5 Å². The van der Waals surface area contributed by atoms with E-state index in [1.165, 1.54) is 36.4 Å². The van der Waals surface area contributed by atoms with Crippen LogP contribution in [0.2, 0.25) is 0 Å². The molecule has 0 aliphatic heterocycles. The molecular formula is C21H20FN3O4. The Bertz CT molecular complexity index is 1050. The van der Waals surface area contributed by atoms with E-state index in [2.05, 4.69) is 10.4 Å². The molecular weight excluding hydrogens is 377 g/mol. The molecule has 3 rings (SSSR count). The van der Waals surface area contributed by atoms with Gasteiger partial charge in [0.15, 0.2) is 6.10 Å². The normalized spacial score (nSPS) is 11.6. The molecule has 0 saturated heterocycles. The van der Waals surface area contributed by atoms with Gasteiger partial charge in [0.2, 0.25) is 5.88 Å². The molecule has 7 nitrogen and oxygen atoms in total. The Hall–Kier alpha value is -3.68. The summed E-state index contributed by atoms with van der Waals surface area (Å²) in [6.07, 6.45) is -0.892. The maximum atomic E-state index is 13.1. The highest BCUT2D eigenvalue weighted by molar-refractivity contribution is 5.95. The molecule has 0 radical (unpaired) electrons. The van der Waals surface area contributed by atoms with Gasteiger partial charge in [-0.25, -0.2) is 4.39 Å². The summed E-state index contributed by atoms with van der Waals surface area (Å²) in [6, 6.07) is 15.0. The number of carbonyl (C=O) groups is 1. The molecule has 1 unspecified atom stereocenters. The Morgan fingerprint density at radius 3 is 2.59 bits per heavy atom. The van der Waals surface area contributed by atoms with Crippen LogP contribution in [0.5, 0.6) is 11.6 Å². The van der Waals surface area contributed by atoms with Crippen LogP contribution < -0.4 is 20.3 Å². The maximum absolute atomic E-state index is 13.1. The van der Waals surface area contributed by atoms with Crippen molar-refractivity contribution < 1.29 is 18.7 Å². The van der Waals surface area contributed by atoms with Crippen molar-refractivity contribution in [3.8, 4) is 17.3 Å². The van der Waals surface area contributed by atoms with E-state index in [9.17, 15) is 14.0 Å². The van der Waals surface area contributed by atoms with E-state index in [0.717, 1.165) is 4.68 Å². The van der Waals surface area contributed by atoms with Crippen LogP contribution in [-0.2, 0) is 4.79 Å². The molecule has 1 aromatic heterocycles. The minimum absolute atomic E-state index is 0.0784. The molecule has 2 aromatic carbocycles. The number of aromatic nitrogens is 2. The van der Waals surface area contributed by atoms with Crippen LogP contribution in [0.4, 0.5) is 10.1 Å². The highest BCUT2D eigenvalue weighted by atomic mass is 19.1. The number of carbonyl (C=O) groups excluding carboxylic acids is 1. The van der Waals surface area contributed by atoms with Crippen LogP contribution in [0.3, 0.4) is 0 Å². The molecule has 8 heteroatoms. The van der Waals surface area contributed by atoms with Crippen LogP contribution in [0, 0.1) is 5.82 Å². The van der Waals surface area contributed by atoms with Gasteiger partial charge in [0, 0.05) is 12.1 Å². The molecule has 3 aromatic rings. The molecule has 0 aliphatic rings. The van der Waals surface area contributed by atoms with Gasteiger partial charge < -0.3 is 14.8 Å². The SMILES string of the molecule is CCOc1ccccc1NC(=O)C(C)Oc1ccc(=O)n(-c2ccc(F)cc2)n1. The van der Waals surface area contributed by atoms with Gasteiger partial charge in [0.05, 0.1) is 18.0 Å². The van der Waals surface area contributed by atoms with Crippen LogP contribution in [-0.4, -0.2) is 28.4 Å². The molecule has 0 saturated carbocycles. The van der Waals surface area contributed by atoms with Gasteiger partial charge in [-0.2, -0.15) is 4.68 Å². The molecule has 1 N–H and O–H groups in total. The Balaban J connectivity index is 1.74. The molecule has 1 atom stereocenters. The molecule has 150 valence electrons. The highest BCUT2D eigenvalue weighted by Crippen LogP contribution is 2.24. The average molecular weight is 397 g/mol. The molecule has 0 fully saturated rings. The zero-order valence-electron chi connectivity index (χ0n) is 16.0. The number of halogens is 1. The van der Waals surface area contributed by atoms with Gasteiger partial charge in [-0.3, -0.25) is 9.59 Å². The maximum Gasteiger partial charge on any atom is 0.271 e. The summed E-state index contributed by atoms with van der Waals surface area (Å²) < 4.78 is 25.3. The zero-order valence-corrected chi connectivity index (χ0v) is 16.0. The second-order valence-corrected chi connectivity index (χ2v) is 6.08. The lowest BCUT2D eigenvalue weighted by Gasteiger charge is -2.16. The number of nitrogens with zero attached hydrogens (tertiary/aromatic N) is 2. The predicted molar refractivity (Wildman–Crippen MR) is 106 cm³/mol. The molecule has 1 heterocycles. The van der Waals surface area contributed by atoms with Crippen LogP contribution in [0.1, 0.15) is 13.8 Å². The molecule has 0 spiro atoms. The molecule has 0 aliphatic carbocycles. The van der Waals surface area contributed by atoms with Crippen molar-refractivity contribution in [3.05, 3.63) is 76.8 Å². The largest absolute Gasteiger partial charge is 0.492 e. The van der Waals surface area contributed by atoms with E-state index >= 15 is 0 Å². The number of anilines is 1. The van der Waals surface area contributed by atoms with Gasteiger partial charge in [-0.15, -0.1) is 5.10 Å². The third-order valence-corrected chi connectivity index (χ3v) is 3.96. The van der Waals surface area contributed by atoms with E-state index in [4.69, 9.17) is 9.47 Å². The van der Waals surface area contributed by atoms with E-state index < -0.39 is 23.4 Å². The number of para-hydroxylation sites is 2. The first kappa shape index (κ1) is 20.1. The lowest BCUT2D eigenvalue weighted by atomic mass is 10.2. The number of ether oxygens (including phenoxy) is 2. The van der Waals surface area contributed by atoms with Crippen LogP contribution >= 0.6 is 0 Å². The number of hydrogen-bond donors (Lipinski definition) is 1. The Kier molecular flexibility index (Phi) is 6.23. The number of nitrogens with one attached hydrogen (secondary N) is 1. The van der Waals surface area contributed by atoms with Crippen LogP contribution in [0.15, 0.2) is 65.5 Å². The summed E-state index contributed by atoms with van der Waals surface area (Å²) in [7, 11) is 0.